The molecule has 1 saturated heterocycles. The summed E-state index contributed by atoms with van der Waals surface area (Å²) in [5.74, 6) is -0.497. The number of thioether (sulfide) groups is 1. The molecule has 2 N–H and O–H groups in total. The van der Waals surface area contributed by atoms with E-state index in [0.717, 1.165) is 22.3 Å². The fourth-order valence-electron chi connectivity index (χ4n) is 5.17. The van der Waals surface area contributed by atoms with Crippen LogP contribution in [0.4, 0.5) is 4.79 Å². The second-order valence-electron chi connectivity index (χ2n) is 9.25. The number of fused-ring (bicyclic) bond motifs is 3. The average molecular weight is 497 g/mol. The first-order chi connectivity index (χ1) is 16.9. The molecule has 1 aliphatic heterocycles. The number of ether oxygens (including phenoxy) is 1. The molecular formula is C27H32N2O5S. The lowest BCUT2D eigenvalue weighted by Gasteiger charge is -2.26. The lowest BCUT2D eigenvalue weighted by Crippen LogP contribution is -2.49. The number of carboxylic acids is 1. The Kier molecular flexibility index (Phi) is 7.69. The van der Waals surface area contributed by atoms with E-state index in [9.17, 15) is 19.5 Å². The number of carboxylic acid groups (broad SMARTS) is 1. The summed E-state index contributed by atoms with van der Waals surface area (Å²) in [7, 11) is 0. The first-order valence-electron chi connectivity index (χ1n) is 12.0. The standard InChI is InChI=1S/C27H32N2O5S/c1-3-27(25(31)32)13-14-29(17-27)24(30)23(12-15-35-2)28-26(33)34-16-22-20-10-6-4-8-18(20)19-9-5-7-11-21(19)22/h4-11,22-23H,3,12-17H2,1-2H3,(H,28,33)(H,31,32). The molecular weight excluding hydrogens is 464 g/mol. The second kappa shape index (κ2) is 10.7. The number of carbonyl (C=O) groups excluding carboxylic acids is 2. The topological polar surface area (TPSA) is 95.9 Å². The van der Waals surface area contributed by atoms with Crippen molar-refractivity contribution in [2.45, 2.75) is 38.1 Å². The van der Waals surface area contributed by atoms with Crippen molar-refractivity contribution < 1.29 is 24.2 Å². The van der Waals surface area contributed by atoms with Gasteiger partial charge >= 0.3 is 12.1 Å². The van der Waals surface area contributed by atoms with Crippen molar-refractivity contribution in [1.29, 1.82) is 0 Å². The van der Waals surface area contributed by atoms with Gasteiger partial charge in [-0.1, -0.05) is 55.5 Å². The van der Waals surface area contributed by atoms with Crippen molar-refractivity contribution in [3.63, 3.8) is 0 Å². The maximum atomic E-state index is 13.3. The van der Waals surface area contributed by atoms with E-state index in [2.05, 4.69) is 29.6 Å². The molecule has 0 aromatic heterocycles. The van der Waals surface area contributed by atoms with E-state index in [4.69, 9.17) is 4.74 Å². The van der Waals surface area contributed by atoms with Crippen LogP contribution in [-0.4, -0.2) is 65.7 Å². The number of nitrogens with one attached hydrogen (secondary N) is 1. The summed E-state index contributed by atoms with van der Waals surface area (Å²) in [6, 6.07) is 15.5. The van der Waals surface area contributed by atoms with Crippen molar-refractivity contribution in [3.8, 4) is 11.1 Å². The second-order valence-corrected chi connectivity index (χ2v) is 10.2. The van der Waals surface area contributed by atoms with Gasteiger partial charge in [-0.2, -0.15) is 11.8 Å². The maximum Gasteiger partial charge on any atom is 0.407 e. The molecule has 2 amide bonds. The largest absolute Gasteiger partial charge is 0.481 e. The van der Waals surface area contributed by atoms with Crippen molar-refractivity contribution in [3.05, 3.63) is 59.7 Å². The van der Waals surface area contributed by atoms with Crippen LogP contribution < -0.4 is 5.32 Å². The van der Waals surface area contributed by atoms with Crippen LogP contribution in [0.3, 0.4) is 0 Å². The van der Waals surface area contributed by atoms with Gasteiger partial charge in [-0.25, -0.2) is 4.79 Å². The predicted octanol–water partition coefficient (Wildman–Crippen LogP) is 4.36. The van der Waals surface area contributed by atoms with Crippen molar-refractivity contribution in [2.75, 3.05) is 31.7 Å². The van der Waals surface area contributed by atoms with E-state index in [1.807, 2.05) is 37.4 Å². The minimum atomic E-state index is -0.913. The van der Waals surface area contributed by atoms with Gasteiger partial charge in [-0.05, 0) is 53.5 Å². The lowest BCUT2D eigenvalue weighted by molar-refractivity contribution is -0.148. The van der Waals surface area contributed by atoms with Crippen LogP contribution in [-0.2, 0) is 14.3 Å². The zero-order chi connectivity index (χ0) is 25.0. The highest BCUT2D eigenvalue weighted by molar-refractivity contribution is 7.98. The molecule has 1 aliphatic carbocycles. The number of alkyl carbamates (subject to hydrolysis) is 1. The van der Waals surface area contributed by atoms with E-state index >= 15 is 0 Å². The average Bonchev–Trinajstić information content (AvgIpc) is 3.46. The van der Waals surface area contributed by atoms with Gasteiger partial charge in [0, 0.05) is 19.0 Å². The minimum Gasteiger partial charge on any atom is -0.481 e. The molecule has 0 saturated carbocycles. The number of aliphatic carboxylic acids is 1. The van der Waals surface area contributed by atoms with E-state index < -0.39 is 23.5 Å². The van der Waals surface area contributed by atoms with E-state index in [1.165, 1.54) is 0 Å². The summed E-state index contributed by atoms with van der Waals surface area (Å²) >= 11 is 1.59. The first kappa shape index (κ1) is 25.1. The third-order valence-corrected chi connectivity index (χ3v) is 7.98. The molecule has 2 aliphatic rings. The van der Waals surface area contributed by atoms with Crippen molar-refractivity contribution in [1.82, 2.24) is 10.2 Å². The molecule has 0 radical (unpaired) electrons. The molecule has 8 heteroatoms. The normalized spacial score (nSPS) is 19.7. The fraction of sp³-hybridized carbons (Fsp3) is 0.444. The van der Waals surface area contributed by atoms with E-state index in [1.54, 1.807) is 16.7 Å². The molecule has 1 heterocycles. The highest BCUT2D eigenvalue weighted by Gasteiger charge is 2.46. The molecule has 0 spiro atoms. The van der Waals surface area contributed by atoms with Gasteiger partial charge in [0.25, 0.3) is 0 Å². The van der Waals surface area contributed by atoms with Gasteiger partial charge in [0.2, 0.25) is 5.91 Å². The Morgan fingerprint density at radius 2 is 1.77 bits per heavy atom. The minimum absolute atomic E-state index is 0.0622. The maximum absolute atomic E-state index is 13.3. The van der Waals surface area contributed by atoms with Crippen LogP contribution in [0.15, 0.2) is 48.5 Å². The number of amides is 2. The Labute approximate surface area is 210 Å². The third kappa shape index (κ3) is 5.03. The molecule has 7 nitrogen and oxygen atoms in total. The quantitative estimate of drug-likeness (QED) is 0.536. The molecule has 35 heavy (non-hydrogen) atoms. The monoisotopic (exact) mass is 496 g/mol. The Balaban J connectivity index is 1.42. The third-order valence-electron chi connectivity index (χ3n) is 7.34. The Morgan fingerprint density at radius 1 is 1.14 bits per heavy atom. The fourth-order valence-corrected chi connectivity index (χ4v) is 5.64. The van der Waals surface area contributed by atoms with E-state index in [0.29, 0.717) is 31.6 Å². The van der Waals surface area contributed by atoms with Gasteiger partial charge in [-0.15, -0.1) is 0 Å². The van der Waals surface area contributed by atoms with Crippen molar-refractivity contribution >= 4 is 29.7 Å². The highest BCUT2D eigenvalue weighted by Crippen LogP contribution is 2.44. The summed E-state index contributed by atoms with van der Waals surface area (Å²) in [6.07, 6.45) is 2.64. The van der Waals surface area contributed by atoms with Crippen LogP contribution in [0, 0.1) is 5.41 Å². The zero-order valence-corrected chi connectivity index (χ0v) is 21.0. The number of nitrogens with zero attached hydrogens (tertiary/aromatic N) is 1. The Bertz CT molecular complexity index is 1060. The summed E-state index contributed by atoms with van der Waals surface area (Å²) in [5.41, 5.74) is 3.63. The van der Waals surface area contributed by atoms with Crippen LogP contribution in [0.1, 0.15) is 43.2 Å². The Hall–Kier alpha value is -3.00. The number of likely N-dealkylation sites (tertiary alicyclic amines) is 1. The van der Waals surface area contributed by atoms with Crippen LogP contribution in [0.2, 0.25) is 0 Å². The van der Waals surface area contributed by atoms with Gasteiger partial charge in [-0.3, -0.25) is 9.59 Å². The lowest BCUT2D eigenvalue weighted by atomic mass is 9.84. The van der Waals surface area contributed by atoms with Gasteiger partial charge < -0.3 is 20.1 Å². The van der Waals surface area contributed by atoms with Crippen LogP contribution in [0.25, 0.3) is 11.1 Å². The molecule has 4 rings (SSSR count). The summed E-state index contributed by atoms with van der Waals surface area (Å²) in [4.78, 5) is 39.4. The smallest absolute Gasteiger partial charge is 0.407 e. The van der Waals surface area contributed by atoms with Crippen molar-refractivity contribution in [2.24, 2.45) is 5.41 Å². The van der Waals surface area contributed by atoms with E-state index in [-0.39, 0.29) is 25.0 Å². The number of rotatable bonds is 9. The molecule has 186 valence electrons. The molecule has 2 aromatic carbocycles. The molecule has 2 unspecified atom stereocenters. The van der Waals surface area contributed by atoms with Gasteiger partial charge in [0.1, 0.15) is 12.6 Å². The van der Waals surface area contributed by atoms with Crippen LogP contribution in [0.5, 0.6) is 0 Å². The molecule has 0 bridgehead atoms. The summed E-state index contributed by atoms with van der Waals surface area (Å²) in [5, 5.41) is 12.4. The number of benzene rings is 2. The van der Waals surface area contributed by atoms with Gasteiger partial charge in [0.05, 0.1) is 5.41 Å². The number of hydrogen-bond donors (Lipinski definition) is 2. The first-order valence-corrected chi connectivity index (χ1v) is 13.4. The number of carbonyl (C=O) groups is 3. The summed E-state index contributed by atoms with van der Waals surface area (Å²) < 4.78 is 5.64. The zero-order valence-electron chi connectivity index (χ0n) is 20.2. The highest BCUT2D eigenvalue weighted by atomic mass is 32.2. The molecule has 1 fully saturated rings. The van der Waals surface area contributed by atoms with Gasteiger partial charge in [0.15, 0.2) is 0 Å². The molecule has 2 atom stereocenters. The Morgan fingerprint density at radius 3 is 2.31 bits per heavy atom. The predicted molar refractivity (Wildman–Crippen MR) is 137 cm³/mol. The van der Waals surface area contributed by atoms with Crippen LogP contribution >= 0.6 is 11.8 Å². The number of hydrogen-bond acceptors (Lipinski definition) is 5. The SMILES string of the molecule is CCC1(C(=O)O)CCN(C(=O)C(CCSC)NC(=O)OCC2c3ccccc3-c3ccccc32)C1. The molecule has 2 aromatic rings. The summed E-state index contributed by atoms with van der Waals surface area (Å²) in [6.45, 7) is 2.55.